The molecule has 0 aliphatic heterocycles. The summed E-state index contributed by atoms with van der Waals surface area (Å²) in [6.45, 7) is 5.58. The van der Waals surface area contributed by atoms with E-state index in [2.05, 4.69) is 4.98 Å². The number of carbonyl (C=O) groups is 1. The fourth-order valence-electron chi connectivity index (χ4n) is 3.42. The summed E-state index contributed by atoms with van der Waals surface area (Å²) in [4.78, 5) is 31.0. The summed E-state index contributed by atoms with van der Waals surface area (Å²) < 4.78 is 12.4. The highest BCUT2D eigenvalue weighted by atomic mass is 35.5. The van der Waals surface area contributed by atoms with Crippen molar-refractivity contribution in [3.05, 3.63) is 81.2 Å². The van der Waals surface area contributed by atoms with Gasteiger partial charge in [-0.3, -0.25) is 9.36 Å². The lowest BCUT2D eigenvalue weighted by atomic mass is 10.1. The Kier molecular flexibility index (Phi) is 6.81. The van der Waals surface area contributed by atoms with Crippen LogP contribution in [0.15, 0.2) is 65.0 Å². The predicted molar refractivity (Wildman–Crippen MR) is 131 cm³/mol. The molecule has 0 aliphatic rings. The van der Waals surface area contributed by atoms with Crippen molar-refractivity contribution in [2.24, 2.45) is 0 Å². The summed E-state index contributed by atoms with van der Waals surface area (Å²) >= 11 is 7.52. The van der Waals surface area contributed by atoms with Gasteiger partial charge in [-0.05, 0) is 44.5 Å². The third-order valence-electron chi connectivity index (χ3n) is 5.14. The number of ether oxygens (including phenoxy) is 2. The lowest BCUT2D eigenvalue weighted by Gasteiger charge is -2.15. The van der Waals surface area contributed by atoms with Crippen molar-refractivity contribution in [1.29, 1.82) is 0 Å². The van der Waals surface area contributed by atoms with E-state index in [9.17, 15) is 9.59 Å². The highest BCUT2D eigenvalue weighted by Crippen LogP contribution is 2.32. The van der Waals surface area contributed by atoms with E-state index in [-0.39, 0.29) is 18.3 Å². The van der Waals surface area contributed by atoms with Crippen molar-refractivity contribution in [1.82, 2.24) is 9.55 Å². The molecule has 1 atom stereocenters. The zero-order valence-corrected chi connectivity index (χ0v) is 20.0. The molecule has 33 heavy (non-hydrogen) atoms. The second-order valence-electron chi connectivity index (χ2n) is 7.85. The Balaban J connectivity index is 1.60. The van der Waals surface area contributed by atoms with Crippen molar-refractivity contribution < 1.29 is 14.3 Å². The topological polar surface area (TPSA) is 70.4 Å². The molecular formula is C25H23ClN2O4S. The number of fused-ring (bicyclic) bond motifs is 1. The molecule has 0 spiro atoms. The fraction of sp³-hybridized carbons (Fsp3) is 0.240. The molecule has 2 heterocycles. The number of aromatic nitrogens is 2. The van der Waals surface area contributed by atoms with Crippen molar-refractivity contribution in [3.63, 3.8) is 0 Å². The molecule has 2 aromatic heterocycles. The van der Waals surface area contributed by atoms with Gasteiger partial charge in [-0.25, -0.2) is 9.78 Å². The maximum absolute atomic E-state index is 13.3. The second kappa shape index (κ2) is 9.77. The molecule has 0 aliphatic carbocycles. The van der Waals surface area contributed by atoms with Crippen molar-refractivity contribution in [3.8, 4) is 16.9 Å². The number of hydrogen-bond acceptors (Lipinski definition) is 6. The Bertz CT molecular complexity index is 1340. The molecule has 0 N–H and O–H groups in total. The first kappa shape index (κ1) is 23.0. The lowest BCUT2D eigenvalue weighted by molar-refractivity contribution is -0.148. The van der Waals surface area contributed by atoms with Crippen LogP contribution in [-0.4, -0.2) is 21.6 Å². The number of halogens is 1. The van der Waals surface area contributed by atoms with Gasteiger partial charge in [0.05, 0.1) is 17.8 Å². The molecule has 0 bridgehead atoms. The standard InChI is InChI=1S/C25H23ClN2O4S/c1-15(2)32-19-10-8-17(9-11-19)20-13-33-23-22(20)24(29)28(14-27-23)16(3)25(30)31-12-18-6-4-5-7-21(18)26/h4-11,13-16H,12H2,1-3H3/t16-/m0/s1. The fourth-order valence-corrected chi connectivity index (χ4v) is 4.51. The Morgan fingerprint density at radius 2 is 1.85 bits per heavy atom. The van der Waals surface area contributed by atoms with Crippen molar-refractivity contribution in [2.45, 2.75) is 39.5 Å². The first-order valence-electron chi connectivity index (χ1n) is 10.5. The maximum atomic E-state index is 13.3. The Morgan fingerprint density at radius 3 is 2.55 bits per heavy atom. The highest BCUT2D eigenvalue weighted by molar-refractivity contribution is 7.17. The van der Waals surface area contributed by atoms with E-state index in [1.54, 1.807) is 25.1 Å². The third kappa shape index (κ3) is 4.94. The zero-order chi connectivity index (χ0) is 23.5. The van der Waals surface area contributed by atoms with Gasteiger partial charge in [-0.1, -0.05) is 41.9 Å². The normalized spacial score (nSPS) is 12.2. The Hall–Kier alpha value is -3.16. The SMILES string of the molecule is CC(C)Oc1ccc(-c2csc3ncn([C@@H](C)C(=O)OCc4ccccc4Cl)c(=O)c23)cc1. The van der Waals surface area contributed by atoms with Crippen LogP contribution < -0.4 is 10.3 Å². The van der Waals surface area contributed by atoms with E-state index in [0.717, 1.165) is 16.9 Å². The molecule has 0 saturated heterocycles. The molecule has 0 fully saturated rings. The molecule has 170 valence electrons. The quantitative estimate of drug-likeness (QED) is 0.308. The molecule has 4 aromatic rings. The number of thiophene rings is 1. The van der Waals surface area contributed by atoms with Crippen LogP contribution in [0.1, 0.15) is 32.4 Å². The van der Waals surface area contributed by atoms with Crippen LogP contribution in [0.5, 0.6) is 5.75 Å². The van der Waals surface area contributed by atoms with Gasteiger partial charge in [0.2, 0.25) is 0 Å². The van der Waals surface area contributed by atoms with Crippen LogP contribution in [0.25, 0.3) is 21.3 Å². The molecule has 0 unspecified atom stereocenters. The Labute approximate surface area is 200 Å². The summed E-state index contributed by atoms with van der Waals surface area (Å²) in [7, 11) is 0. The minimum absolute atomic E-state index is 0.0295. The number of benzene rings is 2. The molecule has 0 amide bonds. The van der Waals surface area contributed by atoms with Crippen LogP contribution in [-0.2, 0) is 16.1 Å². The van der Waals surface area contributed by atoms with Gasteiger partial charge in [-0.2, -0.15) is 0 Å². The van der Waals surface area contributed by atoms with Gasteiger partial charge < -0.3 is 9.47 Å². The summed E-state index contributed by atoms with van der Waals surface area (Å²) in [6.07, 6.45) is 1.47. The first-order chi connectivity index (χ1) is 15.8. The van der Waals surface area contributed by atoms with Gasteiger partial charge in [0.1, 0.15) is 23.2 Å². The number of esters is 1. The lowest BCUT2D eigenvalue weighted by Crippen LogP contribution is -2.29. The van der Waals surface area contributed by atoms with Crippen LogP contribution in [0.3, 0.4) is 0 Å². The van der Waals surface area contributed by atoms with Gasteiger partial charge in [0.15, 0.2) is 0 Å². The number of rotatable bonds is 7. The van der Waals surface area contributed by atoms with Gasteiger partial charge >= 0.3 is 5.97 Å². The Morgan fingerprint density at radius 1 is 1.12 bits per heavy atom. The molecule has 2 aromatic carbocycles. The van der Waals surface area contributed by atoms with Crippen molar-refractivity contribution >= 4 is 39.1 Å². The van der Waals surface area contributed by atoms with Crippen LogP contribution in [0, 0.1) is 0 Å². The summed E-state index contributed by atoms with van der Waals surface area (Å²) in [5.41, 5.74) is 2.06. The minimum atomic E-state index is -0.841. The van der Waals surface area contributed by atoms with Crippen LogP contribution >= 0.6 is 22.9 Å². The number of carbonyl (C=O) groups excluding carboxylic acids is 1. The van der Waals surface area contributed by atoms with E-state index in [1.165, 1.54) is 22.2 Å². The molecule has 4 rings (SSSR count). The average Bonchev–Trinajstić information content (AvgIpc) is 3.23. The second-order valence-corrected chi connectivity index (χ2v) is 9.12. The van der Waals surface area contributed by atoms with Crippen molar-refractivity contribution in [2.75, 3.05) is 0 Å². The smallest absolute Gasteiger partial charge is 0.329 e. The van der Waals surface area contributed by atoms with Crippen LogP contribution in [0.4, 0.5) is 0 Å². The average molecular weight is 483 g/mol. The van der Waals surface area contributed by atoms with Gasteiger partial charge in [0, 0.05) is 21.5 Å². The summed E-state index contributed by atoms with van der Waals surface area (Å²) in [5, 5.41) is 2.90. The maximum Gasteiger partial charge on any atom is 0.329 e. The molecule has 0 radical (unpaired) electrons. The third-order valence-corrected chi connectivity index (χ3v) is 6.40. The van der Waals surface area contributed by atoms with E-state index in [1.807, 2.05) is 49.6 Å². The zero-order valence-electron chi connectivity index (χ0n) is 18.4. The van der Waals surface area contributed by atoms with E-state index < -0.39 is 12.0 Å². The highest BCUT2D eigenvalue weighted by Gasteiger charge is 2.22. The van der Waals surface area contributed by atoms with E-state index >= 15 is 0 Å². The number of hydrogen-bond donors (Lipinski definition) is 0. The first-order valence-corrected chi connectivity index (χ1v) is 11.8. The van der Waals surface area contributed by atoms with E-state index in [0.29, 0.717) is 20.8 Å². The molecular weight excluding hydrogens is 460 g/mol. The van der Waals surface area contributed by atoms with E-state index in [4.69, 9.17) is 21.1 Å². The summed E-state index contributed by atoms with van der Waals surface area (Å²) in [5.74, 6) is 0.226. The largest absolute Gasteiger partial charge is 0.491 e. The predicted octanol–water partition coefficient (Wildman–Crippen LogP) is 5.87. The molecule has 6 nitrogen and oxygen atoms in total. The van der Waals surface area contributed by atoms with Gasteiger partial charge in [0.25, 0.3) is 5.56 Å². The molecule has 0 saturated carbocycles. The summed E-state index contributed by atoms with van der Waals surface area (Å²) in [6, 6.07) is 13.9. The molecule has 8 heteroatoms. The van der Waals surface area contributed by atoms with Gasteiger partial charge in [-0.15, -0.1) is 11.3 Å². The van der Waals surface area contributed by atoms with Crippen LogP contribution in [0.2, 0.25) is 5.02 Å². The number of nitrogens with zero attached hydrogens (tertiary/aromatic N) is 2. The minimum Gasteiger partial charge on any atom is -0.491 e. The monoisotopic (exact) mass is 482 g/mol.